The number of Topliss-reactive ketones (excluding diaryl/α,β-unsaturated/α-hetero) is 1. The third kappa shape index (κ3) is 3.41. The lowest BCUT2D eigenvalue weighted by Crippen LogP contribution is -2.31. The normalized spacial score (nSPS) is 12.1. The molecule has 3 aromatic rings. The van der Waals surface area contributed by atoms with Gasteiger partial charge in [0, 0.05) is 15.7 Å². The lowest BCUT2D eigenvalue weighted by Gasteiger charge is -2.13. The second-order valence-electron chi connectivity index (χ2n) is 5.61. The molecular formula is C18H17BrN4O2. The fourth-order valence-electron chi connectivity index (χ4n) is 2.62. The van der Waals surface area contributed by atoms with E-state index in [1.54, 1.807) is 48.5 Å². The maximum Gasteiger partial charge on any atom is 0.351 e. The molecule has 0 aliphatic carbocycles. The molecule has 0 aliphatic heterocycles. The third-order valence-electron chi connectivity index (χ3n) is 3.98. The van der Waals surface area contributed by atoms with Crippen molar-refractivity contribution in [1.82, 2.24) is 14.3 Å². The number of rotatable bonds is 5. The summed E-state index contributed by atoms with van der Waals surface area (Å²) in [6.45, 7) is 1.86. The molecule has 0 radical (unpaired) electrons. The minimum Gasteiger partial charge on any atom is -0.399 e. The highest BCUT2D eigenvalue weighted by atomic mass is 79.9. The largest absolute Gasteiger partial charge is 0.399 e. The van der Waals surface area contributed by atoms with E-state index in [-0.39, 0.29) is 11.5 Å². The van der Waals surface area contributed by atoms with Gasteiger partial charge >= 0.3 is 5.69 Å². The molecule has 0 spiro atoms. The summed E-state index contributed by atoms with van der Waals surface area (Å²) in [5.41, 5.74) is 7.12. The number of ketones is 1. The molecule has 0 fully saturated rings. The number of aromatic nitrogens is 3. The smallest absolute Gasteiger partial charge is 0.351 e. The monoisotopic (exact) mass is 400 g/mol. The second-order valence-corrected chi connectivity index (χ2v) is 6.53. The van der Waals surface area contributed by atoms with E-state index in [1.165, 1.54) is 15.6 Å². The first-order chi connectivity index (χ1) is 12.0. The van der Waals surface area contributed by atoms with Crippen LogP contribution in [0.15, 0.2) is 64.1 Å². The van der Waals surface area contributed by atoms with Crippen LogP contribution in [-0.4, -0.2) is 20.1 Å². The van der Waals surface area contributed by atoms with Crippen LogP contribution in [0.3, 0.4) is 0 Å². The number of benzene rings is 2. The molecule has 0 aliphatic rings. The first-order valence-electron chi connectivity index (χ1n) is 7.83. The lowest BCUT2D eigenvalue weighted by molar-refractivity contribution is 0.0911. The molecule has 1 unspecified atom stereocenters. The van der Waals surface area contributed by atoms with Crippen LogP contribution in [0.1, 0.15) is 29.7 Å². The average molecular weight is 401 g/mol. The van der Waals surface area contributed by atoms with Crippen molar-refractivity contribution in [3.05, 3.63) is 75.4 Å². The zero-order chi connectivity index (χ0) is 18.0. The SMILES string of the molecule is CCC(C(=O)c1ccc(Br)cc1)n1ncn(-c2ccc(N)cc2)c1=O. The highest BCUT2D eigenvalue weighted by Crippen LogP contribution is 2.18. The van der Waals surface area contributed by atoms with Crippen LogP contribution >= 0.6 is 15.9 Å². The molecule has 3 rings (SSSR count). The van der Waals surface area contributed by atoms with E-state index < -0.39 is 6.04 Å². The molecule has 2 aromatic carbocycles. The Morgan fingerprint density at radius 1 is 1.16 bits per heavy atom. The van der Waals surface area contributed by atoms with Crippen LogP contribution in [-0.2, 0) is 0 Å². The first kappa shape index (κ1) is 17.2. The van der Waals surface area contributed by atoms with E-state index in [2.05, 4.69) is 21.0 Å². The standard InChI is InChI=1S/C18H17BrN4O2/c1-2-16(17(24)12-3-5-13(19)6-4-12)23-18(25)22(11-21-23)15-9-7-14(20)8-10-15/h3-11,16H,2,20H2,1H3. The molecule has 1 aromatic heterocycles. The number of hydrogen-bond donors (Lipinski definition) is 1. The van der Waals surface area contributed by atoms with E-state index in [4.69, 9.17) is 5.73 Å². The molecule has 0 saturated carbocycles. The Labute approximate surface area is 153 Å². The van der Waals surface area contributed by atoms with Crippen molar-refractivity contribution < 1.29 is 4.79 Å². The third-order valence-corrected chi connectivity index (χ3v) is 4.51. The topological polar surface area (TPSA) is 82.9 Å². The lowest BCUT2D eigenvalue weighted by atomic mass is 10.0. The van der Waals surface area contributed by atoms with E-state index in [9.17, 15) is 9.59 Å². The Morgan fingerprint density at radius 2 is 1.80 bits per heavy atom. The van der Waals surface area contributed by atoms with Gasteiger partial charge in [-0.3, -0.25) is 4.79 Å². The van der Waals surface area contributed by atoms with Crippen LogP contribution in [0, 0.1) is 0 Å². The number of carbonyl (C=O) groups is 1. The van der Waals surface area contributed by atoms with Gasteiger partial charge in [-0.2, -0.15) is 5.10 Å². The quantitative estimate of drug-likeness (QED) is 0.526. The summed E-state index contributed by atoms with van der Waals surface area (Å²) in [6.07, 6.45) is 1.89. The number of nitrogens with zero attached hydrogens (tertiary/aromatic N) is 3. The van der Waals surface area contributed by atoms with Gasteiger partial charge in [0.1, 0.15) is 12.4 Å². The van der Waals surface area contributed by atoms with Crippen LogP contribution in [0.5, 0.6) is 0 Å². The molecular weight excluding hydrogens is 384 g/mol. The highest BCUT2D eigenvalue weighted by Gasteiger charge is 2.24. The van der Waals surface area contributed by atoms with Crippen LogP contribution in [0.25, 0.3) is 5.69 Å². The van der Waals surface area contributed by atoms with Gasteiger partial charge in [0.05, 0.1) is 5.69 Å². The van der Waals surface area contributed by atoms with Gasteiger partial charge < -0.3 is 5.73 Å². The number of nitrogens with two attached hydrogens (primary N) is 1. The Bertz CT molecular complexity index is 942. The number of halogens is 1. The van der Waals surface area contributed by atoms with Crippen molar-refractivity contribution in [1.29, 1.82) is 0 Å². The zero-order valence-corrected chi connectivity index (χ0v) is 15.2. The fourth-order valence-corrected chi connectivity index (χ4v) is 2.88. The van der Waals surface area contributed by atoms with Crippen molar-refractivity contribution in [2.75, 3.05) is 5.73 Å². The van der Waals surface area contributed by atoms with Crippen molar-refractivity contribution in [2.45, 2.75) is 19.4 Å². The van der Waals surface area contributed by atoms with E-state index >= 15 is 0 Å². The van der Waals surface area contributed by atoms with Crippen molar-refractivity contribution in [3.8, 4) is 5.69 Å². The minimum absolute atomic E-state index is 0.139. The molecule has 128 valence electrons. The van der Waals surface area contributed by atoms with Gasteiger partial charge in [-0.25, -0.2) is 14.0 Å². The van der Waals surface area contributed by atoms with Crippen LogP contribution in [0.2, 0.25) is 0 Å². The molecule has 25 heavy (non-hydrogen) atoms. The summed E-state index contributed by atoms with van der Waals surface area (Å²) >= 11 is 3.35. The predicted octanol–water partition coefficient (Wildman–Crippen LogP) is 3.21. The minimum atomic E-state index is -0.649. The van der Waals surface area contributed by atoms with Gasteiger partial charge in [0.25, 0.3) is 0 Å². The Kier molecular flexibility index (Phi) is 4.85. The van der Waals surface area contributed by atoms with Gasteiger partial charge in [0.15, 0.2) is 5.78 Å². The summed E-state index contributed by atoms with van der Waals surface area (Å²) in [7, 11) is 0. The molecule has 1 atom stereocenters. The van der Waals surface area contributed by atoms with E-state index in [0.717, 1.165) is 4.47 Å². The van der Waals surface area contributed by atoms with Gasteiger partial charge in [-0.1, -0.05) is 35.0 Å². The number of hydrogen-bond acceptors (Lipinski definition) is 4. The molecule has 6 nitrogen and oxygen atoms in total. The van der Waals surface area contributed by atoms with Crippen molar-refractivity contribution in [3.63, 3.8) is 0 Å². The summed E-state index contributed by atoms with van der Waals surface area (Å²) in [6, 6.07) is 13.3. The van der Waals surface area contributed by atoms with E-state index in [1.807, 2.05) is 6.92 Å². The maximum absolute atomic E-state index is 12.8. The van der Waals surface area contributed by atoms with Gasteiger partial charge in [0.2, 0.25) is 0 Å². The molecule has 0 amide bonds. The molecule has 2 N–H and O–H groups in total. The van der Waals surface area contributed by atoms with E-state index in [0.29, 0.717) is 23.4 Å². The van der Waals surface area contributed by atoms with Crippen molar-refractivity contribution >= 4 is 27.4 Å². The summed E-state index contributed by atoms with van der Waals surface area (Å²) < 4.78 is 3.53. The van der Waals surface area contributed by atoms with Crippen molar-refractivity contribution in [2.24, 2.45) is 0 Å². The average Bonchev–Trinajstić information content (AvgIpc) is 2.98. The zero-order valence-electron chi connectivity index (χ0n) is 13.6. The van der Waals surface area contributed by atoms with Crippen LogP contribution in [0.4, 0.5) is 5.69 Å². The van der Waals surface area contributed by atoms with Gasteiger partial charge in [-0.05, 0) is 42.8 Å². The van der Waals surface area contributed by atoms with Crippen LogP contribution < -0.4 is 11.4 Å². The second kappa shape index (κ2) is 7.06. The molecule has 0 bridgehead atoms. The molecule has 0 saturated heterocycles. The summed E-state index contributed by atoms with van der Waals surface area (Å²) in [5.74, 6) is -0.139. The number of anilines is 1. The van der Waals surface area contributed by atoms with Gasteiger partial charge in [-0.15, -0.1) is 0 Å². The Morgan fingerprint density at radius 3 is 2.40 bits per heavy atom. The number of nitrogen functional groups attached to an aromatic ring is 1. The summed E-state index contributed by atoms with van der Waals surface area (Å²) in [4.78, 5) is 25.5. The fraction of sp³-hybridized carbons (Fsp3) is 0.167. The predicted molar refractivity (Wildman–Crippen MR) is 100 cm³/mol. The number of carbonyl (C=O) groups excluding carboxylic acids is 1. The molecule has 1 heterocycles. The molecule has 7 heteroatoms. The Hall–Kier alpha value is -2.67. The highest BCUT2D eigenvalue weighted by molar-refractivity contribution is 9.10. The maximum atomic E-state index is 12.8. The first-order valence-corrected chi connectivity index (χ1v) is 8.62. The summed E-state index contributed by atoms with van der Waals surface area (Å²) in [5, 5.41) is 4.16. The Balaban J connectivity index is 1.97.